The molecular formula is C13H24N4. The van der Waals surface area contributed by atoms with E-state index in [2.05, 4.69) is 47.9 Å². The molecule has 0 aliphatic rings. The third-order valence-electron chi connectivity index (χ3n) is 2.69. The lowest BCUT2D eigenvalue weighted by Crippen LogP contribution is -2.25. The molecule has 0 amide bonds. The molecular weight excluding hydrogens is 212 g/mol. The summed E-state index contributed by atoms with van der Waals surface area (Å²) >= 11 is 0. The van der Waals surface area contributed by atoms with Crippen LogP contribution in [-0.2, 0) is 6.42 Å². The summed E-state index contributed by atoms with van der Waals surface area (Å²) in [5.74, 6) is 2.34. The number of anilines is 2. The average molecular weight is 236 g/mol. The Balaban J connectivity index is 3.03. The van der Waals surface area contributed by atoms with Crippen LogP contribution in [0.1, 0.15) is 33.4 Å². The standard InChI is InChI=1S/C13H24N4/c1-6-17(7-2)13-15-11(8-10(3)4)9-12(14-5)16-13/h9-10H,6-8H2,1-5H3,(H,14,15,16). The molecule has 1 aromatic heterocycles. The van der Waals surface area contributed by atoms with Gasteiger partial charge in [-0.1, -0.05) is 13.8 Å². The van der Waals surface area contributed by atoms with Gasteiger partial charge in [-0.05, 0) is 26.2 Å². The lowest BCUT2D eigenvalue weighted by Gasteiger charge is -2.20. The van der Waals surface area contributed by atoms with Crippen molar-refractivity contribution in [1.29, 1.82) is 0 Å². The predicted molar refractivity (Wildman–Crippen MR) is 73.7 cm³/mol. The van der Waals surface area contributed by atoms with Gasteiger partial charge in [0.2, 0.25) is 5.95 Å². The first-order valence-corrected chi connectivity index (χ1v) is 6.41. The quantitative estimate of drug-likeness (QED) is 0.824. The van der Waals surface area contributed by atoms with Crippen LogP contribution in [0.15, 0.2) is 6.07 Å². The number of nitrogens with one attached hydrogen (secondary N) is 1. The molecule has 96 valence electrons. The first-order valence-electron chi connectivity index (χ1n) is 6.41. The van der Waals surface area contributed by atoms with Gasteiger partial charge in [0, 0.05) is 31.9 Å². The molecule has 0 aliphatic carbocycles. The molecule has 0 bridgehead atoms. The third-order valence-corrected chi connectivity index (χ3v) is 2.69. The van der Waals surface area contributed by atoms with E-state index in [4.69, 9.17) is 0 Å². The number of aromatic nitrogens is 2. The monoisotopic (exact) mass is 236 g/mol. The number of hydrogen-bond donors (Lipinski definition) is 1. The molecule has 0 spiro atoms. The minimum Gasteiger partial charge on any atom is -0.373 e. The van der Waals surface area contributed by atoms with Gasteiger partial charge in [0.15, 0.2) is 0 Å². The second kappa shape index (κ2) is 6.42. The maximum Gasteiger partial charge on any atom is 0.227 e. The second-order valence-corrected chi connectivity index (χ2v) is 4.56. The van der Waals surface area contributed by atoms with Crippen molar-refractivity contribution in [2.24, 2.45) is 5.92 Å². The van der Waals surface area contributed by atoms with Gasteiger partial charge < -0.3 is 10.2 Å². The zero-order valence-corrected chi connectivity index (χ0v) is 11.6. The molecule has 0 aromatic carbocycles. The van der Waals surface area contributed by atoms with E-state index in [1.165, 1.54) is 0 Å². The summed E-state index contributed by atoms with van der Waals surface area (Å²) in [4.78, 5) is 11.3. The Hall–Kier alpha value is -1.32. The van der Waals surface area contributed by atoms with E-state index in [-0.39, 0.29) is 0 Å². The van der Waals surface area contributed by atoms with E-state index in [1.54, 1.807) is 0 Å². The molecule has 17 heavy (non-hydrogen) atoms. The Kier molecular flexibility index (Phi) is 5.19. The zero-order chi connectivity index (χ0) is 12.8. The van der Waals surface area contributed by atoms with Crippen LogP contribution in [0.3, 0.4) is 0 Å². The van der Waals surface area contributed by atoms with Crippen LogP contribution >= 0.6 is 0 Å². The third kappa shape index (κ3) is 3.88. The Morgan fingerprint density at radius 2 is 1.88 bits per heavy atom. The van der Waals surface area contributed by atoms with Gasteiger partial charge in [-0.2, -0.15) is 4.98 Å². The van der Waals surface area contributed by atoms with Crippen LogP contribution in [0, 0.1) is 5.92 Å². The van der Waals surface area contributed by atoms with E-state index in [0.29, 0.717) is 5.92 Å². The lowest BCUT2D eigenvalue weighted by molar-refractivity contribution is 0.632. The van der Waals surface area contributed by atoms with Crippen LogP contribution in [-0.4, -0.2) is 30.1 Å². The van der Waals surface area contributed by atoms with Crippen molar-refractivity contribution in [3.8, 4) is 0 Å². The van der Waals surface area contributed by atoms with Gasteiger partial charge in [0.25, 0.3) is 0 Å². The first-order chi connectivity index (χ1) is 8.10. The van der Waals surface area contributed by atoms with Gasteiger partial charge >= 0.3 is 0 Å². The first kappa shape index (κ1) is 13.7. The fourth-order valence-corrected chi connectivity index (χ4v) is 1.78. The maximum atomic E-state index is 4.64. The normalized spacial score (nSPS) is 10.7. The van der Waals surface area contributed by atoms with Crippen LogP contribution in [0.4, 0.5) is 11.8 Å². The Morgan fingerprint density at radius 3 is 2.35 bits per heavy atom. The van der Waals surface area contributed by atoms with Gasteiger partial charge in [0.05, 0.1) is 0 Å². The van der Waals surface area contributed by atoms with E-state index in [1.807, 2.05) is 13.1 Å². The van der Waals surface area contributed by atoms with E-state index >= 15 is 0 Å². The highest BCUT2D eigenvalue weighted by molar-refractivity contribution is 5.43. The second-order valence-electron chi connectivity index (χ2n) is 4.56. The number of nitrogens with zero attached hydrogens (tertiary/aromatic N) is 3. The van der Waals surface area contributed by atoms with Crippen LogP contribution < -0.4 is 10.2 Å². The van der Waals surface area contributed by atoms with Crippen LogP contribution in [0.25, 0.3) is 0 Å². The van der Waals surface area contributed by atoms with E-state index < -0.39 is 0 Å². The van der Waals surface area contributed by atoms with Crippen molar-refractivity contribution in [3.63, 3.8) is 0 Å². The summed E-state index contributed by atoms with van der Waals surface area (Å²) in [6, 6.07) is 2.03. The van der Waals surface area contributed by atoms with Crippen LogP contribution in [0.5, 0.6) is 0 Å². The van der Waals surface area contributed by atoms with E-state index in [0.717, 1.165) is 37.0 Å². The molecule has 4 nitrogen and oxygen atoms in total. The van der Waals surface area contributed by atoms with Crippen molar-refractivity contribution < 1.29 is 0 Å². The van der Waals surface area contributed by atoms with Crippen molar-refractivity contribution >= 4 is 11.8 Å². The fraction of sp³-hybridized carbons (Fsp3) is 0.692. The highest BCUT2D eigenvalue weighted by atomic mass is 15.3. The molecule has 0 saturated heterocycles. The number of hydrogen-bond acceptors (Lipinski definition) is 4. The average Bonchev–Trinajstić information content (AvgIpc) is 2.29. The Labute approximate surface area is 104 Å². The molecule has 0 saturated carbocycles. The van der Waals surface area contributed by atoms with Crippen LogP contribution in [0.2, 0.25) is 0 Å². The van der Waals surface area contributed by atoms with Gasteiger partial charge in [0.1, 0.15) is 5.82 Å². The smallest absolute Gasteiger partial charge is 0.227 e. The molecule has 1 heterocycles. The molecule has 1 rings (SSSR count). The SMILES string of the molecule is CCN(CC)c1nc(CC(C)C)cc(NC)n1. The predicted octanol–water partition coefficient (Wildman–Crippen LogP) is 2.56. The Bertz CT molecular complexity index is 345. The molecule has 0 unspecified atom stereocenters. The molecule has 1 aromatic rings. The fourth-order valence-electron chi connectivity index (χ4n) is 1.78. The lowest BCUT2D eigenvalue weighted by atomic mass is 10.1. The van der Waals surface area contributed by atoms with E-state index in [9.17, 15) is 0 Å². The number of rotatable bonds is 6. The molecule has 1 N–H and O–H groups in total. The Morgan fingerprint density at radius 1 is 1.24 bits per heavy atom. The molecule has 0 aliphatic heterocycles. The summed E-state index contributed by atoms with van der Waals surface area (Å²) in [5.41, 5.74) is 1.11. The summed E-state index contributed by atoms with van der Waals surface area (Å²) in [7, 11) is 1.90. The molecule has 0 fully saturated rings. The minimum absolute atomic E-state index is 0.610. The van der Waals surface area contributed by atoms with Gasteiger partial charge in [-0.25, -0.2) is 4.98 Å². The van der Waals surface area contributed by atoms with Gasteiger partial charge in [-0.3, -0.25) is 0 Å². The molecule has 0 atom stereocenters. The minimum atomic E-state index is 0.610. The largest absolute Gasteiger partial charge is 0.373 e. The summed E-state index contributed by atoms with van der Waals surface area (Å²) in [6.45, 7) is 10.5. The maximum absolute atomic E-state index is 4.64. The molecule has 0 radical (unpaired) electrons. The summed E-state index contributed by atoms with van der Waals surface area (Å²) in [5, 5.41) is 3.11. The van der Waals surface area contributed by atoms with Crippen molar-refractivity contribution in [1.82, 2.24) is 9.97 Å². The zero-order valence-electron chi connectivity index (χ0n) is 11.6. The molecule has 4 heteroatoms. The summed E-state index contributed by atoms with van der Waals surface area (Å²) in [6.07, 6.45) is 0.992. The highest BCUT2D eigenvalue weighted by Gasteiger charge is 2.09. The summed E-state index contributed by atoms with van der Waals surface area (Å²) < 4.78 is 0. The van der Waals surface area contributed by atoms with Crippen molar-refractivity contribution in [2.75, 3.05) is 30.4 Å². The topological polar surface area (TPSA) is 41.1 Å². The van der Waals surface area contributed by atoms with Crippen molar-refractivity contribution in [3.05, 3.63) is 11.8 Å². The van der Waals surface area contributed by atoms with Gasteiger partial charge in [-0.15, -0.1) is 0 Å². The highest BCUT2D eigenvalue weighted by Crippen LogP contribution is 2.16. The van der Waals surface area contributed by atoms with Crippen molar-refractivity contribution in [2.45, 2.75) is 34.1 Å².